The molecular weight excluding hydrogens is 326 g/mol. The van der Waals surface area contributed by atoms with E-state index in [4.69, 9.17) is 0 Å². The van der Waals surface area contributed by atoms with Crippen LogP contribution in [0.15, 0.2) is 24.3 Å². The first-order valence-electron chi connectivity index (χ1n) is 9.99. The minimum atomic E-state index is -0.0432. The SMILES string of the molecule is CC(=O)Nc1ccc(CCN2CCN(C(=O)C3CCCCC3)CC2)cc1. The molecule has 1 heterocycles. The number of carbonyl (C=O) groups excluding carboxylic acids is 2. The third-order valence-electron chi connectivity index (χ3n) is 5.63. The van der Waals surface area contributed by atoms with Crippen molar-refractivity contribution in [3.05, 3.63) is 29.8 Å². The fourth-order valence-corrected chi connectivity index (χ4v) is 4.04. The van der Waals surface area contributed by atoms with Gasteiger partial charge in [0.25, 0.3) is 0 Å². The predicted molar refractivity (Wildman–Crippen MR) is 104 cm³/mol. The van der Waals surface area contributed by atoms with Gasteiger partial charge in [-0.25, -0.2) is 0 Å². The molecule has 0 unspecified atom stereocenters. The predicted octanol–water partition coefficient (Wildman–Crippen LogP) is 2.91. The number of amides is 2. The van der Waals surface area contributed by atoms with Gasteiger partial charge in [0.1, 0.15) is 0 Å². The third-order valence-corrected chi connectivity index (χ3v) is 5.63. The number of anilines is 1. The monoisotopic (exact) mass is 357 g/mol. The highest BCUT2D eigenvalue weighted by molar-refractivity contribution is 5.88. The van der Waals surface area contributed by atoms with Gasteiger partial charge in [-0.2, -0.15) is 0 Å². The average molecular weight is 357 g/mol. The van der Waals surface area contributed by atoms with Crippen molar-refractivity contribution in [3.63, 3.8) is 0 Å². The Balaban J connectivity index is 1.39. The maximum absolute atomic E-state index is 12.6. The van der Waals surface area contributed by atoms with Crippen LogP contribution in [0.2, 0.25) is 0 Å². The second-order valence-corrected chi connectivity index (χ2v) is 7.63. The van der Waals surface area contributed by atoms with Crippen molar-refractivity contribution >= 4 is 17.5 Å². The maximum atomic E-state index is 12.6. The van der Waals surface area contributed by atoms with Crippen molar-refractivity contribution in [2.24, 2.45) is 5.92 Å². The van der Waals surface area contributed by atoms with E-state index in [0.717, 1.165) is 57.7 Å². The zero-order valence-corrected chi connectivity index (χ0v) is 15.9. The maximum Gasteiger partial charge on any atom is 0.225 e. The van der Waals surface area contributed by atoms with Crippen LogP contribution in [0.5, 0.6) is 0 Å². The Labute approximate surface area is 156 Å². The number of benzene rings is 1. The van der Waals surface area contributed by atoms with Gasteiger partial charge >= 0.3 is 0 Å². The van der Waals surface area contributed by atoms with Gasteiger partial charge in [-0.3, -0.25) is 14.5 Å². The van der Waals surface area contributed by atoms with E-state index in [1.165, 1.54) is 31.7 Å². The van der Waals surface area contributed by atoms with E-state index in [2.05, 4.69) is 27.2 Å². The molecule has 1 aromatic carbocycles. The number of nitrogens with one attached hydrogen (secondary N) is 1. The Morgan fingerprint density at radius 1 is 1.00 bits per heavy atom. The van der Waals surface area contributed by atoms with E-state index in [1.807, 2.05) is 12.1 Å². The van der Waals surface area contributed by atoms with Gasteiger partial charge in [0, 0.05) is 51.3 Å². The lowest BCUT2D eigenvalue weighted by molar-refractivity contribution is -0.138. The Morgan fingerprint density at radius 3 is 2.27 bits per heavy atom. The summed E-state index contributed by atoms with van der Waals surface area (Å²) in [6, 6.07) is 8.07. The lowest BCUT2D eigenvalue weighted by Crippen LogP contribution is -2.50. The zero-order chi connectivity index (χ0) is 18.4. The summed E-state index contributed by atoms with van der Waals surface area (Å²) in [7, 11) is 0. The number of rotatable bonds is 5. The van der Waals surface area contributed by atoms with Gasteiger partial charge in [-0.15, -0.1) is 0 Å². The molecule has 0 atom stereocenters. The summed E-state index contributed by atoms with van der Waals surface area (Å²) in [4.78, 5) is 28.2. The molecule has 3 rings (SSSR count). The first-order chi connectivity index (χ1) is 12.6. The molecule has 0 spiro atoms. The molecule has 0 radical (unpaired) electrons. The zero-order valence-electron chi connectivity index (χ0n) is 15.9. The van der Waals surface area contributed by atoms with E-state index in [-0.39, 0.29) is 11.8 Å². The summed E-state index contributed by atoms with van der Waals surface area (Å²) in [5, 5.41) is 2.79. The van der Waals surface area contributed by atoms with E-state index < -0.39 is 0 Å². The number of hydrogen-bond acceptors (Lipinski definition) is 3. The second kappa shape index (κ2) is 9.17. The van der Waals surface area contributed by atoms with Crippen LogP contribution in [-0.2, 0) is 16.0 Å². The van der Waals surface area contributed by atoms with Crippen molar-refractivity contribution in [3.8, 4) is 0 Å². The van der Waals surface area contributed by atoms with Crippen molar-refractivity contribution in [1.82, 2.24) is 9.80 Å². The Morgan fingerprint density at radius 2 is 1.65 bits per heavy atom. The van der Waals surface area contributed by atoms with Gasteiger partial charge in [0.2, 0.25) is 11.8 Å². The van der Waals surface area contributed by atoms with Crippen LogP contribution in [0.1, 0.15) is 44.6 Å². The van der Waals surface area contributed by atoms with Crippen molar-refractivity contribution in [1.29, 1.82) is 0 Å². The van der Waals surface area contributed by atoms with Crippen LogP contribution in [0.4, 0.5) is 5.69 Å². The van der Waals surface area contributed by atoms with Crippen LogP contribution in [0.3, 0.4) is 0 Å². The topological polar surface area (TPSA) is 52.7 Å². The molecule has 1 saturated carbocycles. The first-order valence-corrected chi connectivity index (χ1v) is 9.99. The van der Waals surface area contributed by atoms with E-state index in [1.54, 1.807) is 0 Å². The first kappa shape index (κ1) is 18.9. The van der Waals surface area contributed by atoms with Crippen molar-refractivity contribution < 1.29 is 9.59 Å². The number of nitrogens with zero attached hydrogens (tertiary/aromatic N) is 2. The van der Waals surface area contributed by atoms with Crippen LogP contribution >= 0.6 is 0 Å². The van der Waals surface area contributed by atoms with Gasteiger partial charge in [-0.1, -0.05) is 31.4 Å². The Bertz CT molecular complexity index is 600. The highest BCUT2D eigenvalue weighted by Gasteiger charge is 2.28. The molecule has 1 saturated heterocycles. The van der Waals surface area contributed by atoms with Crippen LogP contribution in [0.25, 0.3) is 0 Å². The van der Waals surface area contributed by atoms with Crippen LogP contribution < -0.4 is 5.32 Å². The summed E-state index contributed by atoms with van der Waals surface area (Å²) in [5.41, 5.74) is 2.12. The average Bonchev–Trinajstić information content (AvgIpc) is 2.67. The number of hydrogen-bond donors (Lipinski definition) is 1. The van der Waals surface area contributed by atoms with Gasteiger partial charge in [-0.05, 0) is 37.0 Å². The molecule has 5 nitrogen and oxygen atoms in total. The Hall–Kier alpha value is -1.88. The molecular formula is C21H31N3O2. The summed E-state index contributed by atoms with van der Waals surface area (Å²) in [6.45, 7) is 6.23. The molecule has 2 amide bonds. The van der Waals surface area contributed by atoms with E-state index >= 15 is 0 Å². The summed E-state index contributed by atoms with van der Waals surface area (Å²) in [6.07, 6.45) is 6.91. The van der Waals surface area contributed by atoms with Crippen molar-refractivity contribution in [2.75, 3.05) is 38.0 Å². The normalized spacial score (nSPS) is 19.3. The molecule has 0 aromatic heterocycles. The van der Waals surface area contributed by atoms with Crippen LogP contribution in [-0.4, -0.2) is 54.3 Å². The molecule has 1 aromatic rings. The fraction of sp³-hybridized carbons (Fsp3) is 0.619. The molecule has 1 N–H and O–H groups in total. The third kappa shape index (κ3) is 5.31. The van der Waals surface area contributed by atoms with Crippen molar-refractivity contribution in [2.45, 2.75) is 45.4 Å². The number of piperazine rings is 1. The molecule has 1 aliphatic carbocycles. The van der Waals surface area contributed by atoms with Crippen LogP contribution in [0, 0.1) is 5.92 Å². The van der Waals surface area contributed by atoms with Gasteiger partial charge in [0.05, 0.1) is 0 Å². The quantitative estimate of drug-likeness (QED) is 0.881. The minimum absolute atomic E-state index is 0.0432. The standard InChI is InChI=1S/C21H31N3O2/c1-17(25)22-20-9-7-18(8-10-20)11-12-23-13-15-24(16-14-23)21(26)19-5-3-2-4-6-19/h7-10,19H,2-6,11-16H2,1H3,(H,22,25). The minimum Gasteiger partial charge on any atom is -0.340 e. The number of carbonyl (C=O) groups is 2. The molecule has 26 heavy (non-hydrogen) atoms. The lowest BCUT2D eigenvalue weighted by Gasteiger charge is -2.37. The summed E-state index contributed by atoms with van der Waals surface area (Å²) < 4.78 is 0. The smallest absolute Gasteiger partial charge is 0.225 e. The summed E-state index contributed by atoms with van der Waals surface area (Å²) >= 11 is 0. The highest BCUT2D eigenvalue weighted by atomic mass is 16.2. The van der Waals surface area contributed by atoms with E-state index in [9.17, 15) is 9.59 Å². The van der Waals surface area contributed by atoms with Gasteiger partial charge in [0.15, 0.2) is 0 Å². The largest absolute Gasteiger partial charge is 0.340 e. The second-order valence-electron chi connectivity index (χ2n) is 7.63. The molecule has 142 valence electrons. The molecule has 2 aliphatic rings. The fourth-order valence-electron chi connectivity index (χ4n) is 4.04. The molecule has 5 heteroatoms. The lowest BCUT2D eigenvalue weighted by atomic mass is 9.88. The molecule has 2 fully saturated rings. The highest BCUT2D eigenvalue weighted by Crippen LogP contribution is 2.25. The van der Waals surface area contributed by atoms with Gasteiger partial charge < -0.3 is 10.2 Å². The summed E-state index contributed by atoms with van der Waals surface area (Å²) in [5.74, 6) is 0.647. The molecule has 0 bridgehead atoms. The van der Waals surface area contributed by atoms with E-state index in [0.29, 0.717) is 5.91 Å². The molecule has 1 aliphatic heterocycles. The Kier molecular flexibility index (Phi) is 6.67.